The fourth-order valence-electron chi connectivity index (χ4n) is 1.77. The smallest absolute Gasteiger partial charge is 0.154 e. The van der Waals surface area contributed by atoms with Crippen LogP contribution in [0.15, 0.2) is 36.8 Å². The summed E-state index contributed by atoms with van der Waals surface area (Å²) in [6.45, 7) is 8.00. The fourth-order valence-corrected chi connectivity index (χ4v) is 1.96. The highest BCUT2D eigenvalue weighted by atomic mass is 35.5. The maximum absolute atomic E-state index is 13.7. The van der Waals surface area contributed by atoms with Gasteiger partial charge in [0.15, 0.2) is 5.15 Å². The summed E-state index contributed by atoms with van der Waals surface area (Å²) < 4.78 is 28.2. The normalized spacial score (nSPS) is 9.59. The second-order valence-corrected chi connectivity index (χ2v) is 4.04. The van der Waals surface area contributed by atoms with Crippen LogP contribution in [0.1, 0.15) is 27.7 Å². The van der Waals surface area contributed by atoms with E-state index in [1.165, 1.54) is 24.5 Å². The molecule has 0 aliphatic heterocycles. The topological polar surface area (TPSA) is 30.2 Å². The van der Waals surface area contributed by atoms with Gasteiger partial charge in [0.1, 0.15) is 23.0 Å². The average Bonchev–Trinajstić information content (AvgIpc) is 2.97. The molecule has 0 aliphatic carbocycles. The molecule has 3 nitrogen and oxygen atoms in total. The Hall–Kier alpha value is -2.01. The minimum Gasteiger partial charge on any atom is -0.295 e. The summed E-state index contributed by atoms with van der Waals surface area (Å²) in [5, 5.41) is 0.277. The van der Waals surface area contributed by atoms with Crippen LogP contribution in [0.5, 0.6) is 0 Å². The first kappa shape index (κ1) is 18.0. The largest absolute Gasteiger partial charge is 0.295 e. The van der Waals surface area contributed by atoms with E-state index in [0.29, 0.717) is 11.3 Å². The third-order valence-corrected chi connectivity index (χ3v) is 2.88. The van der Waals surface area contributed by atoms with E-state index in [9.17, 15) is 8.78 Å². The summed E-state index contributed by atoms with van der Waals surface area (Å²) in [5.41, 5.74) is 0.775. The molecule has 0 bridgehead atoms. The zero-order valence-electron chi connectivity index (χ0n) is 12.9. The maximum atomic E-state index is 13.7. The van der Waals surface area contributed by atoms with Crippen LogP contribution in [0.25, 0.3) is 16.9 Å². The summed E-state index contributed by atoms with van der Waals surface area (Å²) in [7, 11) is 0. The minimum absolute atomic E-state index is 0.207. The molecule has 22 heavy (non-hydrogen) atoms. The van der Waals surface area contributed by atoms with Gasteiger partial charge in [-0.05, 0) is 12.1 Å². The summed E-state index contributed by atoms with van der Waals surface area (Å²) in [5.74, 6) is -0.945. The van der Waals surface area contributed by atoms with Crippen LogP contribution in [-0.4, -0.2) is 14.4 Å². The third-order valence-electron chi connectivity index (χ3n) is 2.58. The molecule has 6 heteroatoms. The monoisotopic (exact) mass is 325 g/mol. The molecular formula is C16H18ClF2N3. The van der Waals surface area contributed by atoms with Gasteiger partial charge < -0.3 is 0 Å². The van der Waals surface area contributed by atoms with E-state index in [1.54, 1.807) is 10.6 Å². The van der Waals surface area contributed by atoms with Gasteiger partial charge in [-0.2, -0.15) is 0 Å². The standard InChI is InChI=1S/C12H6ClF2N3.2C2H6/c13-11-10-6-17-12(18(10)4-3-16-11)8-2-1-7(14)5-9(8)15;2*1-2/h1-6H;2*1-2H3. The van der Waals surface area contributed by atoms with Crippen LogP contribution in [0.4, 0.5) is 8.78 Å². The third kappa shape index (κ3) is 3.60. The molecule has 0 atom stereocenters. The van der Waals surface area contributed by atoms with Crippen LogP contribution >= 0.6 is 11.6 Å². The number of nitrogens with zero attached hydrogens (tertiary/aromatic N) is 3. The quantitative estimate of drug-likeness (QED) is 0.601. The van der Waals surface area contributed by atoms with Crippen LogP contribution in [0.3, 0.4) is 0 Å². The molecule has 0 aliphatic rings. The Balaban J connectivity index is 0.000000561. The number of aromatic nitrogens is 3. The number of hydrogen-bond donors (Lipinski definition) is 0. The lowest BCUT2D eigenvalue weighted by Crippen LogP contribution is -1.94. The molecule has 118 valence electrons. The number of hydrogen-bond acceptors (Lipinski definition) is 2. The van der Waals surface area contributed by atoms with Gasteiger partial charge in [-0.15, -0.1) is 0 Å². The lowest BCUT2D eigenvalue weighted by molar-refractivity contribution is 0.585. The first-order valence-corrected chi connectivity index (χ1v) is 7.47. The van der Waals surface area contributed by atoms with E-state index in [-0.39, 0.29) is 10.7 Å². The van der Waals surface area contributed by atoms with Crippen molar-refractivity contribution in [2.75, 3.05) is 0 Å². The first-order chi connectivity index (χ1) is 10.7. The highest BCUT2D eigenvalue weighted by Gasteiger charge is 2.13. The van der Waals surface area contributed by atoms with Crippen LogP contribution in [0.2, 0.25) is 5.15 Å². The number of halogens is 3. The highest BCUT2D eigenvalue weighted by Crippen LogP contribution is 2.25. The lowest BCUT2D eigenvalue weighted by atomic mass is 10.2. The summed E-state index contributed by atoms with van der Waals surface area (Å²) in [6.07, 6.45) is 4.60. The minimum atomic E-state index is -0.671. The number of imidazole rings is 1. The molecule has 2 aromatic heterocycles. The van der Waals surface area contributed by atoms with Gasteiger partial charge >= 0.3 is 0 Å². The predicted molar refractivity (Wildman–Crippen MR) is 86.0 cm³/mol. The molecule has 0 saturated carbocycles. The predicted octanol–water partition coefficient (Wildman–Crippen LogP) is 5.38. The van der Waals surface area contributed by atoms with E-state index >= 15 is 0 Å². The van der Waals surface area contributed by atoms with Gasteiger partial charge in [0.2, 0.25) is 0 Å². The van der Waals surface area contributed by atoms with E-state index in [1.807, 2.05) is 27.7 Å². The molecule has 0 unspecified atom stereocenters. The van der Waals surface area contributed by atoms with Crippen molar-refractivity contribution in [3.63, 3.8) is 0 Å². The number of fused-ring (bicyclic) bond motifs is 1. The molecule has 0 spiro atoms. The molecule has 0 fully saturated rings. The fraction of sp³-hybridized carbons (Fsp3) is 0.250. The zero-order valence-corrected chi connectivity index (χ0v) is 13.7. The molecule has 3 aromatic rings. The highest BCUT2D eigenvalue weighted by molar-refractivity contribution is 6.32. The Kier molecular flexibility index (Phi) is 6.92. The van der Waals surface area contributed by atoms with Crippen molar-refractivity contribution >= 4 is 17.1 Å². The first-order valence-electron chi connectivity index (χ1n) is 7.10. The van der Waals surface area contributed by atoms with Crippen molar-refractivity contribution in [2.45, 2.75) is 27.7 Å². The zero-order chi connectivity index (χ0) is 16.7. The molecule has 2 heterocycles. The van der Waals surface area contributed by atoms with Crippen molar-refractivity contribution in [1.29, 1.82) is 0 Å². The Morgan fingerprint density at radius 1 is 1.05 bits per heavy atom. The molecule has 0 N–H and O–H groups in total. The van der Waals surface area contributed by atoms with Crippen molar-refractivity contribution in [2.24, 2.45) is 0 Å². The molecular weight excluding hydrogens is 308 g/mol. The molecule has 1 aromatic carbocycles. The van der Waals surface area contributed by atoms with Gasteiger partial charge in [0, 0.05) is 18.5 Å². The Morgan fingerprint density at radius 2 is 1.73 bits per heavy atom. The van der Waals surface area contributed by atoms with Crippen LogP contribution < -0.4 is 0 Å². The van der Waals surface area contributed by atoms with E-state index in [4.69, 9.17) is 11.6 Å². The number of benzene rings is 1. The second-order valence-electron chi connectivity index (χ2n) is 3.68. The maximum Gasteiger partial charge on any atom is 0.154 e. The van der Waals surface area contributed by atoms with Gasteiger partial charge in [0.05, 0.1) is 11.8 Å². The number of rotatable bonds is 1. The van der Waals surface area contributed by atoms with Gasteiger partial charge in [-0.3, -0.25) is 4.40 Å². The van der Waals surface area contributed by atoms with Crippen molar-refractivity contribution in [3.05, 3.63) is 53.6 Å². The van der Waals surface area contributed by atoms with Crippen LogP contribution in [0, 0.1) is 11.6 Å². The summed E-state index contributed by atoms with van der Waals surface area (Å²) in [4.78, 5) is 7.99. The second kappa shape index (κ2) is 8.44. The Bertz CT molecular complexity index is 741. The van der Waals surface area contributed by atoms with Crippen molar-refractivity contribution < 1.29 is 8.78 Å². The Labute approximate surface area is 133 Å². The van der Waals surface area contributed by atoms with Gasteiger partial charge in [-0.1, -0.05) is 39.3 Å². The molecule has 0 amide bonds. The molecule has 0 radical (unpaired) electrons. The SMILES string of the molecule is CC.CC.Fc1ccc(-c2ncc3c(Cl)nccn23)c(F)c1. The van der Waals surface area contributed by atoms with Gasteiger partial charge in [0.25, 0.3) is 0 Å². The van der Waals surface area contributed by atoms with Crippen LogP contribution in [-0.2, 0) is 0 Å². The molecule has 3 rings (SSSR count). The molecule has 0 saturated heterocycles. The lowest BCUT2D eigenvalue weighted by Gasteiger charge is -2.03. The Morgan fingerprint density at radius 3 is 2.36 bits per heavy atom. The van der Waals surface area contributed by atoms with E-state index in [0.717, 1.165) is 6.07 Å². The summed E-state index contributed by atoms with van der Waals surface area (Å²) in [6, 6.07) is 3.34. The van der Waals surface area contributed by atoms with E-state index in [2.05, 4.69) is 9.97 Å². The van der Waals surface area contributed by atoms with E-state index < -0.39 is 11.6 Å². The average molecular weight is 326 g/mol. The summed E-state index contributed by atoms with van der Waals surface area (Å²) >= 11 is 5.90. The van der Waals surface area contributed by atoms with Gasteiger partial charge in [-0.25, -0.2) is 18.7 Å². The van der Waals surface area contributed by atoms with Crippen molar-refractivity contribution in [1.82, 2.24) is 14.4 Å². The van der Waals surface area contributed by atoms with Crippen molar-refractivity contribution in [3.8, 4) is 11.4 Å².